The van der Waals surface area contributed by atoms with Crippen molar-refractivity contribution >= 4 is 29.2 Å². The molecule has 0 spiro atoms. The lowest BCUT2D eigenvalue weighted by molar-refractivity contribution is 0.0728. The molecule has 0 saturated heterocycles. The number of hydrogen-bond donors (Lipinski definition) is 0. The highest BCUT2D eigenvalue weighted by Crippen LogP contribution is 2.39. The average molecular weight is 380 g/mol. The minimum atomic E-state index is -0.810. The number of ketones is 1. The first-order chi connectivity index (χ1) is 13.0. The molecular formula is C21H13FO4S. The van der Waals surface area contributed by atoms with Gasteiger partial charge in [-0.3, -0.25) is 4.79 Å². The van der Waals surface area contributed by atoms with Crippen molar-refractivity contribution in [2.75, 3.05) is 0 Å². The van der Waals surface area contributed by atoms with E-state index >= 15 is 0 Å². The number of rotatable bonds is 3. The fourth-order valence-electron chi connectivity index (χ4n) is 2.76. The van der Waals surface area contributed by atoms with Crippen LogP contribution >= 0.6 is 11.3 Å². The second kappa shape index (κ2) is 6.81. The Labute approximate surface area is 158 Å². The van der Waals surface area contributed by atoms with Crippen LogP contribution in [0.3, 0.4) is 0 Å². The van der Waals surface area contributed by atoms with Crippen molar-refractivity contribution < 1.29 is 23.5 Å². The molecule has 1 aliphatic heterocycles. The maximum absolute atomic E-state index is 13.8. The Morgan fingerprint density at radius 2 is 1.96 bits per heavy atom. The zero-order valence-corrected chi connectivity index (χ0v) is 15.0. The molecule has 134 valence electrons. The van der Waals surface area contributed by atoms with Gasteiger partial charge in [-0.25, -0.2) is 9.18 Å². The van der Waals surface area contributed by atoms with E-state index in [0.29, 0.717) is 16.9 Å². The van der Waals surface area contributed by atoms with Gasteiger partial charge < -0.3 is 9.47 Å². The van der Waals surface area contributed by atoms with Gasteiger partial charge in [0.05, 0.1) is 11.1 Å². The number of halogens is 1. The second-order valence-electron chi connectivity index (χ2n) is 5.89. The molecule has 6 heteroatoms. The molecule has 0 bridgehead atoms. The average Bonchev–Trinajstić information content (AvgIpc) is 3.27. The van der Waals surface area contributed by atoms with Crippen LogP contribution in [0.5, 0.6) is 11.5 Å². The molecular weight excluding hydrogens is 367 g/mol. The molecule has 1 aromatic heterocycles. The van der Waals surface area contributed by atoms with Gasteiger partial charge in [-0.1, -0.05) is 18.2 Å². The Kier molecular flexibility index (Phi) is 4.33. The summed E-state index contributed by atoms with van der Waals surface area (Å²) in [5.41, 5.74) is 0.744. The van der Waals surface area contributed by atoms with Crippen molar-refractivity contribution in [2.24, 2.45) is 0 Å². The van der Waals surface area contributed by atoms with Crippen molar-refractivity contribution in [3.05, 3.63) is 87.1 Å². The lowest BCUT2D eigenvalue weighted by Crippen LogP contribution is -2.11. The zero-order chi connectivity index (χ0) is 19.0. The first kappa shape index (κ1) is 17.2. The molecule has 0 amide bonds. The smallest absolute Gasteiger partial charge is 0.346 e. The highest BCUT2D eigenvalue weighted by molar-refractivity contribution is 7.10. The van der Waals surface area contributed by atoms with Gasteiger partial charge in [-0.2, -0.15) is 0 Å². The number of ether oxygens (including phenoxy) is 2. The molecule has 0 aliphatic carbocycles. The first-order valence-electron chi connectivity index (χ1n) is 8.12. The third kappa shape index (κ3) is 3.15. The van der Waals surface area contributed by atoms with E-state index < -0.39 is 11.8 Å². The molecule has 2 aromatic carbocycles. The minimum Gasteiger partial charge on any atom is -0.452 e. The second-order valence-corrected chi connectivity index (χ2v) is 6.87. The number of esters is 1. The van der Waals surface area contributed by atoms with Crippen molar-refractivity contribution in [1.29, 1.82) is 0 Å². The van der Waals surface area contributed by atoms with E-state index in [4.69, 9.17) is 9.47 Å². The van der Waals surface area contributed by atoms with Gasteiger partial charge in [0.25, 0.3) is 0 Å². The third-order valence-electron chi connectivity index (χ3n) is 4.15. The Morgan fingerprint density at radius 1 is 1.15 bits per heavy atom. The number of carbonyl (C=O) groups is 2. The summed E-state index contributed by atoms with van der Waals surface area (Å²) in [5.74, 6) is -0.917. The quantitative estimate of drug-likeness (QED) is 0.363. The van der Waals surface area contributed by atoms with E-state index in [2.05, 4.69) is 0 Å². The largest absolute Gasteiger partial charge is 0.452 e. The number of allylic oxidation sites excluding steroid dienone is 1. The Balaban J connectivity index is 1.64. The van der Waals surface area contributed by atoms with Crippen LogP contribution in [-0.2, 0) is 0 Å². The number of benzene rings is 2. The van der Waals surface area contributed by atoms with Crippen LogP contribution < -0.4 is 9.47 Å². The number of hydrogen-bond acceptors (Lipinski definition) is 5. The van der Waals surface area contributed by atoms with Crippen molar-refractivity contribution in [1.82, 2.24) is 0 Å². The summed E-state index contributed by atoms with van der Waals surface area (Å²) in [6, 6.07) is 12.4. The van der Waals surface area contributed by atoms with Gasteiger partial charge >= 0.3 is 5.97 Å². The zero-order valence-electron chi connectivity index (χ0n) is 14.2. The summed E-state index contributed by atoms with van der Waals surface area (Å²) in [5, 5.41) is 1.91. The van der Waals surface area contributed by atoms with Crippen LogP contribution in [0.15, 0.2) is 59.7 Å². The predicted molar refractivity (Wildman–Crippen MR) is 99.8 cm³/mol. The molecule has 27 heavy (non-hydrogen) atoms. The SMILES string of the molecule is Cc1c(OC(=O)c2ccccc2F)ccc2c1O/C(=C\c1cccs1)C2=O. The van der Waals surface area contributed by atoms with Crippen LogP contribution in [0.2, 0.25) is 0 Å². The first-order valence-corrected chi connectivity index (χ1v) is 9.00. The van der Waals surface area contributed by atoms with Crippen LogP contribution in [0.1, 0.15) is 31.2 Å². The highest BCUT2D eigenvalue weighted by Gasteiger charge is 2.30. The molecule has 0 saturated carbocycles. The summed E-state index contributed by atoms with van der Waals surface area (Å²) >= 11 is 1.49. The van der Waals surface area contributed by atoms with Crippen LogP contribution in [0.25, 0.3) is 6.08 Å². The van der Waals surface area contributed by atoms with Gasteiger partial charge in [0.2, 0.25) is 5.78 Å². The maximum Gasteiger partial charge on any atom is 0.346 e. The molecule has 4 rings (SSSR count). The van der Waals surface area contributed by atoms with Crippen molar-refractivity contribution in [3.8, 4) is 11.5 Å². The van der Waals surface area contributed by atoms with Gasteiger partial charge in [0.15, 0.2) is 5.76 Å². The van der Waals surface area contributed by atoms with E-state index in [1.807, 2.05) is 17.5 Å². The Bertz CT molecular complexity index is 1080. The Hall–Kier alpha value is -3.25. The van der Waals surface area contributed by atoms with Crippen LogP contribution in [0.4, 0.5) is 4.39 Å². The van der Waals surface area contributed by atoms with E-state index in [0.717, 1.165) is 4.88 Å². The number of thiophene rings is 1. The molecule has 0 fully saturated rings. The molecule has 0 unspecified atom stereocenters. The summed E-state index contributed by atoms with van der Waals surface area (Å²) in [6.07, 6.45) is 1.68. The lowest BCUT2D eigenvalue weighted by Gasteiger charge is -2.10. The Morgan fingerprint density at radius 3 is 2.70 bits per heavy atom. The normalized spacial score (nSPS) is 14.1. The summed E-state index contributed by atoms with van der Waals surface area (Å²) in [4.78, 5) is 25.7. The number of fused-ring (bicyclic) bond motifs is 1. The molecule has 2 heterocycles. The van der Waals surface area contributed by atoms with Gasteiger partial charge in [-0.15, -0.1) is 11.3 Å². The van der Waals surface area contributed by atoms with Crippen molar-refractivity contribution in [3.63, 3.8) is 0 Å². The van der Waals surface area contributed by atoms with E-state index in [-0.39, 0.29) is 22.9 Å². The van der Waals surface area contributed by atoms with E-state index in [1.54, 1.807) is 25.1 Å². The highest BCUT2D eigenvalue weighted by atomic mass is 32.1. The molecule has 0 atom stereocenters. The van der Waals surface area contributed by atoms with Gasteiger partial charge in [-0.05, 0) is 42.6 Å². The van der Waals surface area contributed by atoms with Crippen LogP contribution in [0, 0.1) is 12.7 Å². The van der Waals surface area contributed by atoms with Crippen molar-refractivity contribution in [2.45, 2.75) is 6.92 Å². The summed E-state index contributed by atoms with van der Waals surface area (Å²) in [6.45, 7) is 1.68. The third-order valence-corrected chi connectivity index (χ3v) is 4.97. The lowest BCUT2D eigenvalue weighted by atomic mass is 10.1. The predicted octanol–water partition coefficient (Wildman–Crippen LogP) is 5.03. The standard InChI is InChI=1S/C21H13FO4S/c1-12-17(26-21(24)14-6-2-3-7-16(14)22)9-8-15-19(23)18(25-20(12)15)11-13-5-4-10-27-13/h2-11H,1H3/b18-11-. The fraction of sp³-hybridized carbons (Fsp3) is 0.0476. The van der Waals surface area contributed by atoms with E-state index in [9.17, 15) is 14.0 Å². The van der Waals surface area contributed by atoms with Crippen LogP contribution in [-0.4, -0.2) is 11.8 Å². The number of carbonyl (C=O) groups excluding carboxylic acids is 2. The monoisotopic (exact) mass is 380 g/mol. The molecule has 1 aliphatic rings. The summed E-state index contributed by atoms with van der Waals surface area (Å²) in [7, 11) is 0. The number of Topliss-reactive ketones (excluding diaryl/α,β-unsaturated/α-hetero) is 1. The molecule has 0 radical (unpaired) electrons. The summed E-state index contributed by atoms with van der Waals surface area (Å²) < 4.78 is 24.8. The molecule has 4 nitrogen and oxygen atoms in total. The maximum atomic E-state index is 13.8. The van der Waals surface area contributed by atoms with Gasteiger partial charge in [0.1, 0.15) is 17.3 Å². The molecule has 0 N–H and O–H groups in total. The molecule has 3 aromatic rings. The van der Waals surface area contributed by atoms with Gasteiger partial charge in [0, 0.05) is 16.5 Å². The topological polar surface area (TPSA) is 52.6 Å². The minimum absolute atomic E-state index is 0.160. The van der Waals surface area contributed by atoms with E-state index in [1.165, 1.54) is 35.6 Å². The fourth-order valence-corrected chi connectivity index (χ4v) is 3.41.